The number of hydrogen-bond acceptors (Lipinski definition) is 4. The molecule has 0 bridgehead atoms. The summed E-state index contributed by atoms with van der Waals surface area (Å²) in [6, 6.07) is 9.57. The van der Waals surface area contributed by atoms with Gasteiger partial charge in [0.1, 0.15) is 0 Å². The van der Waals surface area contributed by atoms with E-state index in [4.69, 9.17) is 4.74 Å². The molecule has 0 aliphatic carbocycles. The molecule has 1 atom stereocenters. The van der Waals surface area contributed by atoms with Crippen molar-refractivity contribution in [3.05, 3.63) is 48.3 Å². The highest BCUT2D eigenvalue weighted by Crippen LogP contribution is 2.22. The number of likely N-dealkylation sites (tertiary alicyclic amines) is 1. The molecule has 0 N–H and O–H groups in total. The zero-order chi connectivity index (χ0) is 17.6. The molecule has 3 rings (SSSR count). The molecular weight excluding hydrogens is 318 g/mol. The maximum Gasteiger partial charge on any atom is 0.307 e. The number of para-hydroxylation sites is 1. The zero-order valence-corrected chi connectivity index (χ0v) is 14.4. The summed E-state index contributed by atoms with van der Waals surface area (Å²) in [6.45, 7) is 2.82. The van der Waals surface area contributed by atoms with Gasteiger partial charge in [-0.25, -0.2) is 4.68 Å². The van der Waals surface area contributed by atoms with Crippen LogP contribution in [-0.2, 0) is 9.53 Å². The van der Waals surface area contributed by atoms with Crippen LogP contribution in [0.3, 0.4) is 0 Å². The number of nitrogens with zero attached hydrogens (tertiary/aromatic N) is 3. The van der Waals surface area contributed by atoms with Gasteiger partial charge in [-0.15, -0.1) is 0 Å². The van der Waals surface area contributed by atoms with Crippen molar-refractivity contribution in [3.63, 3.8) is 0 Å². The summed E-state index contributed by atoms with van der Waals surface area (Å²) in [4.78, 5) is 26.5. The molecule has 1 aliphatic rings. The van der Waals surface area contributed by atoms with Gasteiger partial charge in [0.05, 0.1) is 30.5 Å². The van der Waals surface area contributed by atoms with Crippen LogP contribution < -0.4 is 0 Å². The first-order valence-corrected chi connectivity index (χ1v) is 8.75. The minimum Gasteiger partial charge on any atom is -0.466 e. The molecule has 6 nitrogen and oxygen atoms in total. The highest BCUT2D eigenvalue weighted by molar-refractivity contribution is 5.94. The minimum atomic E-state index is -0.243. The number of amides is 1. The predicted molar refractivity (Wildman–Crippen MR) is 93.5 cm³/mol. The van der Waals surface area contributed by atoms with Gasteiger partial charge in [-0.3, -0.25) is 9.59 Å². The van der Waals surface area contributed by atoms with Gasteiger partial charge >= 0.3 is 5.97 Å². The lowest BCUT2D eigenvalue weighted by molar-refractivity contribution is -0.144. The van der Waals surface area contributed by atoms with Crippen LogP contribution in [0, 0.1) is 0 Å². The first-order chi connectivity index (χ1) is 12.2. The number of piperidine rings is 1. The van der Waals surface area contributed by atoms with Crippen molar-refractivity contribution >= 4 is 11.9 Å². The van der Waals surface area contributed by atoms with E-state index in [0.29, 0.717) is 18.7 Å². The Labute approximate surface area is 147 Å². The maximum absolute atomic E-state index is 12.9. The number of carbonyl (C=O) groups is 2. The van der Waals surface area contributed by atoms with Crippen molar-refractivity contribution < 1.29 is 14.3 Å². The Kier molecular flexibility index (Phi) is 5.48. The number of rotatable bonds is 5. The van der Waals surface area contributed by atoms with E-state index in [1.807, 2.05) is 30.3 Å². The molecule has 0 spiro atoms. The number of hydrogen-bond donors (Lipinski definition) is 0. The minimum absolute atomic E-state index is 0.0730. The average molecular weight is 341 g/mol. The molecule has 0 saturated carbocycles. The summed E-state index contributed by atoms with van der Waals surface area (Å²) >= 11 is 0. The summed E-state index contributed by atoms with van der Waals surface area (Å²) < 4.78 is 6.74. The molecule has 0 unspecified atom stereocenters. The Morgan fingerprint density at radius 1 is 1.24 bits per heavy atom. The second kappa shape index (κ2) is 7.96. The van der Waals surface area contributed by atoms with Crippen molar-refractivity contribution in [2.24, 2.45) is 0 Å². The second-order valence-electron chi connectivity index (χ2n) is 6.17. The lowest BCUT2D eigenvalue weighted by Crippen LogP contribution is -2.44. The Morgan fingerprint density at radius 2 is 2.04 bits per heavy atom. The second-order valence-corrected chi connectivity index (χ2v) is 6.17. The zero-order valence-electron chi connectivity index (χ0n) is 14.4. The third-order valence-corrected chi connectivity index (χ3v) is 4.45. The summed E-state index contributed by atoms with van der Waals surface area (Å²) in [6.07, 6.45) is 6.40. The van der Waals surface area contributed by atoms with Crippen LogP contribution in [0.1, 0.15) is 43.0 Å². The number of esters is 1. The van der Waals surface area contributed by atoms with Crippen molar-refractivity contribution in [2.45, 2.75) is 38.6 Å². The first kappa shape index (κ1) is 17.2. The van der Waals surface area contributed by atoms with Gasteiger partial charge in [0.15, 0.2) is 0 Å². The molecule has 1 amide bonds. The van der Waals surface area contributed by atoms with Gasteiger partial charge in [-0.2, -0.15) is 5.10 Å². The third kappa shape index (κ3) is 4.07. The molecule has 132 valence electrons. The van der Waals surface area contributed by atoms with Crippen molar-refractivity contribution in [3.8, 4) is 5.69 Å². The molecule has 1 aliphatic heterocycles. The summed E-state index contributed by atoms with van der Waals surface area (Å²) in [5.74, 6) is -0.316. The molecule has 1 aromatic carbocycles. The van der Waals surface area contributed by atoms with Gasteiger partial charge in [0.25, 0.3) is 5.91 Å². The van der Waals surface area contributed by atoms with Crippen molar-refractivity contribution in [2.75, 3.05) is 13.2 Å². The van der Waals surface area contributed by atoms with E-state index in [1.165, 1.54) is 0 Å². The van der Waals surface area contributed by atoms with E-state index >= 15 is 0 Å². The summed E-state index contributed by atoms with van der Waals surface area (Å²) in [5, 5.41) is 4.30. The van der Waals surface area contributed by atoms with Crippen LogP contribution in [-0.4, -0.2) is 45.8 Å². The van der Waals surface area contributed by atoms with E-state index in [-0.39, 0.29) is 24.3 Å². The molecule has 1 saturated heterocycles. The Balaban J connectivity index is 1.74. The highest BCUT2D eigenvalue weighted by Gasteiger charge is 2.30. The van der Waals surface area contributed by atoms with Gasteiger partial charge in [0, 0.05) is 18.8 Å². The average Bonchev–Trinajstić information content (AvgIpc) is 3.13. The van der Waals surface area contributed by atoms with Gasteiger partial charge in [0.2, 0.25) is 0 Å². The molecule has 25 heavy (non-hydrogen) atoms. The van der Waals surface area contributed by atoms with Crippen molar-refractivity contribution in [1.82, 2.24) is 14.7 Å². The number of benzene rings is 1. The standard InChI is InChI=1S/C19H23N3O3/c1-2-25-18(23)12-17-10-6-7-11-21(17)19(24)15-13-20-22(14-15)16-8-4-3-5-9-16/h3-5,8-9,13-14,17H,2,6-7,10-12H2,1H3/t17-/m1/s1. The van der Waals surface area contributed by atoms with E-state index < -0.39 is 0 Å². The number of carbonyl (C=O) groups excluding carboxylic acids is 2. The van der Waals surface area contributed by atoms with Crippen LogP contribution in [0.4, 0.5) is 0 Å². The topological polar surface area (TPSA) is 64.4 Å². The fraction of sp³-hybridized carbons (Fsp3) is 0.421. The first-order valence-electron chi connectivity index (χ1n) is 8.75. The molecular formula is C19H23N3O3. The smallest absolute Gasteiger partial charge is 0.307 e. The molecule has 6 heteroatoms. The van der Waals surface area contributed by atoms with Crippen LogP contribution in [0.15, 0.2) is 42.7 Å². The van der Waals surface area contributed by atoms with E-state index in [9.17, 15) is 9.59 Å². The van der Waals surface area contributed by atoms with Crippen LogP contribution >= 0.6 is 0 Å². The third-order valence-electron chi connectivity index (χ3n) is 4.45. The Hall–Kier alpha value is -2.63. The van der Waals surface area contributed by atoms with Crippen molar-refractivity contribution in [1.29, 1.82) is 0 Å². The van der Waals surface area contributed by atoms with Gasteiger partial charge in [-0.05, 0) is 38.3 Å². The maximum atomic E-state index is 12.9. The Morgan fingerprint density at radius 3 is 2.80 bits per heavy atom. The summed E-state index contributed by atoms with van der Waals surface area (Å²) in [7, 11) is 0. The normalized spacial score (nSPS) is 17.3. The lowest BCUT2D eigenvalue weighted by atomic mass is 9.98. The highest BCUT2D eigenvalue weighted by atomic mass is 16.5. The lowest BCUT2D eigenvalue weighted by Gasteiger charge is -2.35. The monoisotopic (exact) mass is 341 g/mol. The van der Waals surface area contributed by atoms with Gasteiger partial charge in [-0.1, -0.05) is 18.2 Å². The van der Waals surface area contributed by atoms with E-state index in [1.54, 1.807) is 28.9 Å². The number of aromatic nitrogens is 2. The largest absolute Gasteiger partial charge is 0.466 e. The van der Waals surface area contributed by atoms with Crippen LogP contribution in [0.2, 0.25) is 0 Å². The predicted octanol–water partition coefficient (Wildman–Crippen LogP) is 2.82. The summed E-state index contributed by atoms with van der Waals surface area (Å²) in [5.41, 5.74) is 1.45. The fourth-order valence-corrected chi connectivity index (χ4v) is 3.21. The molecule has 1 aromatic heterocycles. The molecule has 2 heterocycles. The Bertz CT molecular complexity index is 727. The van der Waals surface area contributed by atoms with Crippen LogP contribution in [0.25, 0.3) is 5.69 Å². The van der Waals surface area contributed by atoms with Gasteiger partial charge < -0.3 is 9.64 Å². The molecule has 1 fully saturated rings. The van der Waals surface area contributed by atoms with E-state index in [2.05, 4.69) is 5.10 Å². The fourth-order valence-electron chi connectivity index (χ4n) is 3.21. The van der Waals surface area contributed by atoms with Crippen LogP contribution in [0.5, 0.6) is 0 Å². The number of ether oxygens (including phenoxy) is 1. The van der Waals surface area contributed by atoms with E-state index in [0.717, 1.165) is 24.9 Å². The molecule has 0 radical (unpaired) electrons. The SMILES string of the molecule is CCOC(=O)C[C@H]1CCCCN1C(=O)c1cnn(-c2ccccc2)c1. The quantitative estimate of drug-likeness (QED) is 0.785. The molecule has 2 aromatic rings.